The van der Waals surface area contributed by atoms with Crippen LogP contribution in [0.4, 0.5) is 0 Å². The highest BCUT2D eigenvalue weighted by Crippen LogP contribution is 2.18. The van der Waals surface area contributed by atoms with Gasteiger partial charge in [-0.1, -0.05) is 12.1 Å². The van der Waals surface area contributed by atoms with E-state index < -0.39 is 12.1 Å². The maximum atomic E-state index is 10.6. The molecular weight excluding hydrogens is 250 g/mol. The first kappa shape index (κ1) is 13.0. The number of ether oxygens (including phenoxy) is 1. The first-order valence-corrected chi connectivity index (χ1v) is 5.55. The number of methoxy groups -OCH3 is 1. The first-order chi connectivity index (χ1) is 9.10. The lowest BCUT2D eigenvalue weighted by molar-refractivity contribution is 0.0682. The Kier molecular flexibility index (Phi) is 3.76. The highest BCUT2D eigenvalue weighted by atomic mass is 16.5. The second-order valence-corrected chi connectivity index (χ2v) is 3.88. The van der Waals surface area contributed by atoms with Crippen LogP contribution in [0.2, 0.25) is 0 Å². The maximum absolute atomic E-state index is 10.6. The van der Waals surface area contributed by atoms with Crippen LogP contribution in [0.3, 0.4) is 0 Å². The quantitative estimate of drug-likeness (QED) is 0.824. The lowest BCUT2D eigenvalue weighted by Crippen LogP contribution is -2.10. The fourth-order valence-corrected chi connectivity index (χ4v) is 1.59. The van der Waals surface area contributed by atoms with E-state index in [1.807, 2.05) is 0 Å². The molecule has 1 aromatic heterocycles. The van der Waals surface area contributed by atoms with Gasteiger partial charge in [0.05, 0.1) is 19.8 Å². The van der Waals surface area contributed by atoms with Crippen molar-refractivity contribution in [2.75, 3.05) is 7.11 Å². The Morgan fingerprint density at radius 2 is 2.11 bits per heavy atom. The van der Waals surface area contributed by atoms with Gasteiger partial charge in [-0.3, -0.25) is 0 Å². The van der Waals surface area contributed by atoms with Gasteiger partial charge in [0.25, 0.3) is 5.82 Å². The smallest absolute Gasteiger partial charge is 0.375 e. The van der Waals surface area contributed by atoms with Crippen LogP contribution in [0.25, 0.3) is 0 Å². The molecule has 0 fully saturated rings. The summed E-state index contributed by atoms with van der Waals surface area (Å²) in [5.74, 6) is -0.788. The third-order valence-corrected chi connectivity index (χ3v) is 2.59. The molecule has 0 bridgehead atoms. The van der Waals surface area contributed by atoms with Crippen LogP contribution < -0.4 is 4.74 Å². The molecule has 0 spiro atoms. The van der Waals surface area contributed by atoms with E-state index in [0.717, 1.165) is 0 Å². The molecule has 0 aliphatic carbocycles. The van der Waals surface area contributed by atoms with Crippen LogP contribution in [0.1, 0.15) is 22.3 Å². The predicted molar refractivity (Wildman–Crippen MR) is 64.9 cm³/mol. The molecule has 7 heteroatoms. The van der Waals surface area contributed by atoms with Crippen LogP contribution in [-0.2, 0) is 6.54 Å². The maximum Gasteiger partial charge on any atom is 0.375 e. The minimum atomic E-state index is -1.20. The largest absolute Gasteiger partial charge is 0.497 e. The molecule has 2 rings (SSSR count). The van der Waals surface area contributed by atoms with E-state index in [9.17, 15) is 9.90 Å². The number of benzene rings is 1. The Bertz CT molecular complexity index is 565. The average molecular weight is 263 g/mol. The van der Waals surface area contributed by atoms with E-state index in [4.69, 9.17) is 9.84 Å². The fraction of sp³-hybridized carbons (Fsp3) is 0.250. The van der Waals surface area contributed by atoms with E-state index in [0.29, 0.717) is 11.3 Å². The van der Waals surface area contributed by atoms with Gasteiger partial charge in [0.15, 0.2) is 0 Å². The van der Waals surface area contributed by atoms with Crippen LogP contribution >= 0.6 is 0 Å². The highest BCUT2D eigenvalue weighted by Gasteiger charge is 2.13. The third kappa shape index (κ3) is 3.08. The number of rotatable bonds is 5. The number of nitrogens with zero attached hydrogens (tertiary/aromatic N) is 3. The average Bonchev–Trinajstić information content (AvgIpc) is 2.87. The van der Waals surface area contributed by atoms with Crippen molar-refractivity contribution in [2.45, 2.75) is 12.6 Å². The zero-order valence-electron chi connectivity index (χ0n) is 10.2. The number of aromatic carboxylic acids is 1. The van der Waals surface area contributed by atoms with Crippen molar-refractivity contribution in [2.24, 2.45) is 0 Å². The van der Waals surface area contributed by atoms with Crippen molar-refractivity contribution < 1.29 is 19.7 Å². The highest BCUT2D eigenvalue weighted by molar-refractivity contribution is 5.82. The molecule has 1 atom stereocenters. The normalized spacial score (nSPS) is 12.1. The zero-order valence-corrected chi connectivity index (χ0v) is 10.2. The number of carbonyl (C=O) groups is 1. The number of hydrogen-bond acceptors (Lipinski definition) is 5. The fourth-order valence-electron chi connectivity index (χ4n) is 1.59. The monoisotopic (exact) mass is 263 g/mol. The standard InChI is InChI=1S/C12H13N3O4/c1-19-9-4-2-8(3-5-9)10(16)6-15-7-13-11(14-15)12(17)18/h2-5,7,10,16H,6H2,1H3,(H,17,18). The molecule has 19 heavy (non-hydrogen) atoms. The number of carboxylic acids is 1. The second-order valence-electron chi connectivity index (χ2n) is 3.88. The predicted octanol–water partition coefficient (Wildman–Crippen LogP) is 0.718. The summed E-state index contributed by atoms with van der Waals surface area (Å²) in [6.07, 6.45) is 0.477. The van der Waals surface area contributed by atoms with E-state index >= 15 is 0 Å². The summed E-state index contributed by atoms with van der Waals surface area (Å²) in [7, 11) is 1.56. The summed E-state index contributed by atoms with van der Waals surface area (Å²) in [6.45, 7) is 0.132. The van der Waals surface area contributed by atoms with Gasteiger partial charge in [-0.2, -0.15) is 0 Å². The van der Waals surface area contributed by atoms with Crippen molar-refractivity contribution in [3.05, 3.63) is 42.0 Å². The molecule has 1 heterocycles. The molecule has 7 nitrogen and oxygen atoms in total. The van der Waals surface area contributed by atoms with Gasteiger partial charge in [0, 0.05) is 0 Å². The van der Waals surface area contributed by atoms with Gasteiger partial charge in [-0.25, -0.2) is 14.5 Å². The second kappa shape index (κ2) is 5.49. The van der Waals surface area contributed by atoms with Crippen LogP contribution in [0.15, 0.2) is 30.6 Å². The van der Waals surface area contributed by atoms with Gasteiger partial charge >= 0.3 is 5.97 Å². The lowest BCUT2D eigenvalue weighted by atomic mass is 10.1. The molecule has 1 aromatic carbocycles. The first-order valence-electron chi connectivity index (χ1n) is 5.55. The van der Waals surface area contributed by atoms with Crippen molar-refractivity contribution in [3.63, 3.8) is 0 Å². The van der Waals surface area contributed by atoms with Gasteiger partial charge in [0.2, 0.25) is 0 Å². The number of aromatic nitrogens is 3. The van der Waals surface area contributed by atoms with E-state index in [1.54, 1.807) is 31.4 Å². The van der Waals surface area contributed by atoms with Crippen molar-refractivity contribution in [3.8, 4) is 5.75 Å². The summed E-state index contributed by atoms with van der Waals surface area (Å²) >= 11 is 0. The van der Waals surface area contributed by atoms with Gasteiger partial charge in [0.1, 0.15) is 12.1 Å². The molecule has 2 N–H and O–H groups in total. The Morgan fingerprint density at radius 1 is 1.42 bits per heavy atom. The van der Waals surface area contributed by atoms with Crippen LogP contribution in [0, 0.1) is 0 Å². The molecule has 2 aromatic rings. The minimum absolute atomic E-state index is 0.132. The topological polar surface area (TPSA) is 97.5 Å². The Morgan fingerprint density at radius 3 is 2.63 bits per heavy atom. The summed E-state index contributed by atoms with van der Waals surface area (Å²) in [4.78, 5) is 14.2. The van der Waals surface area contributed by atoms with Crippen molar-refractivity contribution >= 4 is 5.97 Å². The summed E-state index contributed by atoms with van der Waals surface area (Å²) in [5.41, 5.74) is 0.688. The molecule has 0 aliphatic heterocycles. The Balaban J connectivity index is 2.06. The lowest BCUT2D eigenvalue weighted by Gasteiger charge is -2.11. The van der Waals surface area contributed by atoms with Crippen LogP contribution in [-0.4, -0.2) is 38.1 Å². The minimum Gasteiger partial charge on any atom is -0.497 e. The number of carboxylic acid groups (broad SMARTS) is 1. The summed E-state index contributed by atoms with van der Waals surface area (Å²) in [5, 5.41) is 22.4. The molecule has 100 valence electrons. The Hall–Kier alpha value is -2.41. The van der Waals surface area contributed by atoms with E-state index in [2.05, 4.69) is 10.1 Å². The van der Waals surface area contributed by atoms with Crippen LogP contribution in [0.5, 0.6) is 5.75 Å². The molecule has 0 saturated carbocycles. The molecule has 0 saturated heterocycles. The number of hydrogen-bond donors (Lipinski definition) is 2. The van der Waals surface area contributed by atoms with Gasteiger partial charge in [-0.15, -0.1) is 5.10 Å². The molecule has 1 unspecified atom stereocenters. The zero-order chi connectivity index (χ0) is 13.8. The Labute approximate surface area is 109 Å². The van der Waals surface area contributed by atoms with E-state index in [-0.39, 0.29) is 12.4 Å². The SMILES string of the molecule is COc1ccc(C(O)Cn2cnc(C(=O)O)n2)cc1. The summed E-state index contributed by atoms with van der Waals surface area (Å²) < 4.78 is 6.31. The van der Waals surface area contributed by atoms with Crippen molar-refractivity contribution in [1.29, 1.82) is 0 Å². The molecule has 0 radical (unpaired) electrons. The third-order valence-electron chi connectivity index (χ3n) is 2.59. The number of aliphatic hydroxyl groups excluding tert-OH is 1. The number of aliphatic hydroxyl groups is 1. The van der Waals surface area contributed by atoms with Gasteiger partial charge < -0.3 is 14.9 Å². The summed E-state index contributed by atoms with van der Waals surface area (Å²) in [6, 6.07) is 6.95. The van der Waals surface area contributed by atoms with E-state index in [1.165, 1.54) is 11.0 Å². The van der Waals surface area contributed by atoms with Gasteiger partial charge in [-0.05, 0) is 17.7 Å². The molecular formula is C12H13N3O4. The molecule has 0 amide bonds. The van der Waals surface area contributed by atoms with Crippen molar-refractivity contribution in [1.82, 2.24) is 14.8 Å². The molecule has 0 aliphatic rings.